The molecule has 0 heterocycles. The van der Waals surface area contributed by atoms with Gasteiger partial charge in [-0.25, -0.2) is 0 Å². The normalized spacial score (nSPS) is 17.1. The Bertz CT molecular complexity index is 195. The molecule has 0 bridgehead atoms. The van der Waals surface area contributed by atoms with E-state index in [0.29, 0.717) is 0 Å². The van der Waals surface area contributed by atoms with E-state index in [9.17, 15) is 28.2 Å². The van der Waals surface area contributed by atoms with E-state index in [0.717, 1.165) is 5.18 Å². The Balaban J connectivity index is 4.81. The molecule has 0 amide bonds. The van der Waals surface area contributed by atoms with Crippen molar-refractivity contribution in [2.75, 3.05) is 0 Å². The van der Waals surface area contributed by atoms with Gasteiger partial charge in [-0.3, -0.25) is 10.1 Å². The van der Waals surface area contributed by atoms with Gasteiger partial charge in [0.05, 0.1) is 0 Å². The van der Waals surface area contributed by atoms with Crippen molar-refractivity contribution >= 4 is 11.6 Å². The number of nitro groups is 1. The molecule has 0 fully saturated rings. The minimum atomic E-state index is -5.21. The standard InChI is InChI=1S/C2ClF3N2O3/c3-1(4,7-9)2(5,6)8(10)11. The van der Waals surface area contributed by atoms with Crippen LogP contribution in [0.2, 0.25) is 0 Å². The molecule has 0 aromatic heterocycles. The first-order valence-electron chi connectivity index (χ1n) is 2.00. The second-order valence-corrected chi connectivity index (χ2v) is 1.93. The molecule has 5 nitrogen and oxygen atoms in total. The van der Waals surface area contributed by atoms with Crippen molar-refractivity contribution in [1.82, 2.24) is 0 Å². The van der Waals surface area contributed by atoms with Crippen LogP contribution in [0.25, 0.3) is 0 Å². The van der Waals surface area contributed by atoms with Gasteiger partial charge in [-0.05, 0) is 11.6 Å². The lowest BCUT2D eigenvalue weighted by Crippen LogP contribution is -2.44. The van der Waals surface area contributed by atoms with Crippen molar-refractivity contribution < 1.29 is 18.1 Å². The molecule has 0 radical (unpaired) electrons. The zero-order valence-electron chi connectivity index (χ0n) is 4.63. The first-order chi connectivity index (χ1) is 4.75. The monoisotopic (exact) mass is 192 g/mol. The minimum Gasteiger partial charge on any atom is -0.259 e. The van der Waals surface area contributed by atoms with Crippen LogP contribution >= 0.6 is 11.6 Å². The van der Waals surface area contributed by atoms with Crippen LogP contribution in [0, 0.1) is 15.0 Å². The molecule has 11 heavy (non-hydrogen) atoms. The van der Waals surface area contributed by atoms with Crippen LogP contribution in [-0.4, -0.2) is 16.2 Å². The second kappa shape index (κ2) is 2.61. The summed E-state index contributed by atoms with van der Waals surface area (Å²) in [5, 5.41) is 5.90. The molecule has 0 aliphatic rings. The maximum Gasteiger partial charge on any atom is 0.585 e. The Morgan fingerprint density at radius 1 is 1.45 bits per heavy atom. The van der Waals surface area contributed by atoms with Crippen molar-refractivity contribution in [3.05, 3.63) is 15.0 Å². The topological polar surface area (TPSA) is 72.6 Å². The zero-order chi connectivity index (χ0) is 9.28. The number of hydrogen-bond acceptors (Lipinski definition) is 4. The number of nitroso groups, excluding NO2 is 1. The lowest BCUT2D eigenvalue weighted by atomic mass is 10.5. The average molecular weight is 192 g/mol. The molecule has 0 aliphatic carbocycles. The summed E-state index contributed by atoms with van der Waals surface area (Å²) in [5.41, 5.74) is 0. The Kier molecular flexibility index (Phi) is 2.39. The zero-order valence-corrected chi connectivity index (χ0v) is 5.39. The molecule has 0 rings (SSSR count). The molecule has 1 unspecified atom stereocenters. The predicted octanol–water partition coefficient (Wildman–Crippen LogP) is 1.48. The van der Waals surface area contributed by atoms with E-state index in [1.54, 1.807) is 0 Å². The van der Waals surface area contributed by atoms with Crippen LogP contribution in [0.4, 0.5) is 13.2 Å². The highest BCUT2D eigenvalue weighted by molar-refractivity contribution is 6.23. The highest BCUT2D eigenvalue weighted by atomic mass is 35.5. The summed E-state index contributed by atoms with van der Waals surface area (Å²) in [6.07, 6.45) is 0. The number of hydrogen-bond donors (Lipinski definition) is 0. The molecule has 0 N–H and O–H groups in total. The van der Waals surface area contributed by atoms with E-state index >= 15 is 0 Å². The number of nitrogens with zero attached hydrogens (tertiary/aromatic N) is 2. The average Bonchev–Trinajstić information content (AvgIpc) is 1.87. The first-order valence-corrected chi connectivity index (χ1v) is 2.38. The van der Waals surface area contributed by atoms with E-state index in [1.165, 1.54) is 0 Å². The quantitative estimate of drug-likeness (QED) is 0.224. The third kappa shape index (κ3) is 1.56. The van der Waals surface area contributed by atoms with Crippen LogP contribution < -0.4 is 0 Å². The molecule has 0 aromatic rings. The van der Waals surface area contributed by atoms with Crippen molar-refractivity contribution in [1.29, 1.82) is 0 Å². The predicted molar refractivity (Wildman–Crippen MR) is 27.4 cm³/mol. The molecule has 1 atom stereocenters. The summed E-state index contributed by atoms with van der Waals surface area (Å²) in [6.45, 7) is 0. The van der Waals surface area contributed by atoms with E-state index in [1.807, 2.05) is 0 Å². The molecular weight excluding hydrogens is 192 g/mol. The molecule has 0 aromatic carbocycles. The van der Waals surface area contributed by atoms with Crippen LogP contribution in [0.3, 0.4) is 0 Å². The van der Waals surface area contributed by atoms with Crippen LogP contribution in [0.5, 0.6) is 0 Å². The minimum absolute atomic E-state index is 1.07. The Morgan fingerprint density at radius 2 is 1.82 bits per heavy atom. The van der Waals surface area contributed by atoms with E-state index in [4.69, 9.17) is 0 Å². The van der Waals surface area contributed by atoms with Gasteiger partial charge in [-0.15, -0.1) is 13.7 Å². The van der Waals surface area contributed by atoms with Gasteiger partial charge in [-0.2, -0.15) is 4.39 Å². The Labute approximate surface area is 62.3 Å². The smallest absolute Gasteiger partial charge is 0.259 e. The lowest BCUT2D eigenvalue weighted by Gasteiger charge is -2.11. The maximum atomic E-state index is 11.9. The summed E-state index contributed by atoms with van der Waals surface area (Å²) >= 11 is 4.07. The largest absolute Gasteiger partial charge is 0.585 e. The van der Waals surface area contributed by atoms with Gasteiger partial charge in [-0.1, -0.05) is 0 Å². The molecule has 0 saturated carbocycles. The van der Waals surface area contributed by atoms with E-state index < -0.39 is 16.2 Å². The second-order valence-electron chi connectivity index (χ2n) is 1.43. The summed E-state index contributed by atoms with van der Waals surface area (Å²) in [7, 11) is 0. The van der Waals surface area contributed by atoms with Crippen molar-refractivity contribution in [2.24, 2.45) is 5.18 Å². The third-order valence-corrected chi connectivity index (χ3v) is 1.00. The van der Waals surface area contributed by atoms with E-state index in [-0.39, 0.29) is 0 Å². The SMILES string of the molecule is O=NC(F)(Cl)C(F)(F)[N+](=O)[O-]. The highest BCUT2D eigenvalue weighted by Gasteiger charge is 2.68. The fourth-order valence-electron chi connectivity index (χ4n) is 0.165. The maximum absolute atomic E-state index is 11.9. The number of halogens is 4. The first kappa shape index (κ1) is 10.1. The summed E-state index contributed by atoms with van der Waals surface area (Å²) in [4.78, 5) is 16.3. The fraction of sp³-hybridized carbons (Fsp3) is 1.00. The third-order valence-electron chi connectivity index (χ3n) is 0.706. The van der Waals surface area contributed by atoms with Gasteiger partial charge < -0.3 is 0 Å². The molecule has 64 valence electrons. The van der Waals surface area contributed by atoms with Crippen LogP contribution in [-0.2, 0) is 0 Å². The van der Waals surface area contributed by atoms with E-state index in [2.05, 4.69) is 11.6 Å². The molecule has 0 spiro atoms. The van der Waals surface area contributed by atoms with Gasteiger partial charge in [0, 0.05) is 5.18 Å². The van der Waals surface area contributed by atoms with Gasteiger partial charge >= 0.3 is 11.3 Å². The highest BCUT2D eigenvalue weighted by Crippen LogP contribution is 2.37. The van der Waals surface area contributed by atoms with Crippen molar-refractivity contribution in [2.45, 2.75) is 11.3 Å². The summed E-state index contributed by atoms with van der Waals surface area (Å²) < 4.78 is 35.6. The summed E-state index contributed by atoms with van der Waals surface area (Å²) in [5.74, 6) is 0. The molecular formula is C2ClF3N2O3. The number of rotatable bonds is 3. The molecule has 0 saturated heterocycles. The van der Waals surface area contributed by atoms with Crippen molar-refractivity contribution in [3.63, 3.8) is 0 Å². The van der Waals surface area contributed by atoms with Gasteiger partial charge in [0.25, 0.3) is 0 Å². The van der Waals surface area contributed by atoms with Crippen LogP contribution in [0.15, 0.2) is 5.18 Å². The van der Waals surface area contributed by atoms with Crippen molar-refractivity contribution in [3.8, 4) is 0 Å². The Morgan fingerprint density at radius 3 is 1.91 bits per heavy atom. The van der Waals surface area contributed by atoms with Gasteiger partial charge in [0.2, 0.25) is 0 Å². The Hall–Kier alpha value is -0.920. The van der Waals surface area contributed by atoms with Gasteiger partial charge in [0.15, 0.2) is 0 Å². The summed E-state index contributed by atoms with van der Waals surface area (Å²) in [6, 6.07) is -5.21. The van der Waals surface area contributed by atoms with Gasteiger partial charge in [0.1, 0.15) is 4.92 Å². The lowest BCUT2D eigenvalue weighted by molar-refractivity contribution is -0.658. The van der Waals surface area contributed by atoms with Crippen LogP contribution in [0.1, 0.15) is 0 Å². The molecule has 0 aliphatic heterocycles. The number of alkyl halides is 4. The fourth-order valence-corrected chi connectivity index (χ4v) is 0.234. The molecule has 9 heteroatoms.